The van der Waals surface area contributed by atoms with Crippen LogP contribution in [0, 0.1) is 11.3 Å². The highest BCUT2D eigenvalue weighted by molar-refractivity contribution is 5.77. The van der Waals surface area contributed by atoms with Gasteiger partial charge in [0.05, 0.1) is 28.8 Å². The molecule has 1 aliphatic heterocycles. The summed E-state index contributed by atoms with van der Waals surface area (Å²) in [5.74, 6) is 1.07. The number of fused-ring (bicyclic) bond motifs is 1. The van der Waals surface area contributed by atoms with Crippen LogP contribution in [0.1, 0.15) is 30.7 Å². The molecule has 1 saturated heterocycles. The summed E-state index contributed by atoms with van der Waals surface area (Å²) in [5.41, 5.74) is 2.65. The van der Waals surface area contributed by atoms with Gasteiger partial charge in [-0.25, -0.2) is 4.98 Å². The molecule has 1 aromatic carbocycles. The fourth-order valence-corrected chi connectivity index (χ4v) is 2.70. The summed E-state index contributed by atoms with van der Waals surface area (Å²) in [5, 5.41) is 8.92. The third-order valence-corrected chi connectivity index (χ3v) is 3.82. The van der Waals surface area contributed by atoms with Crippen LogP contribution in [-0.4, -0.2) is 22.3 Å². The van der Waals surface area contributed by atoms with E-state index in [-0.39, 0.29) is 0 Å². The Labute approximate surface area is 112 Å². The maximum absolute atomic E-state index is 8.92. The Balaban J connectivity index is 1.83. The summed E-state index contributed by atoms with van der Waals surface area (Å²) < 4.78 is 7.76. The van der Waals surface area contributed by atoms with Crippen molar-refractivity contribution in [3.63, 3.8) is 0 Å². The van der Waals surface area contributed by atoms with Crippen molar-refractivity contribution in [1.82, 2.24) is 9.55 Å². The van der Waals surface area contributed by atoms with Gasteiger partial charge in [-0.3, -0.25) is 0 Å². The highest BCUT2D eigenvalue weighted by Crippen LogP contribution is 2.20. The van der Waals surface area contributed by atoms with Crippen LogP contribution in [0.4, 0.5) is 0 Å². The maximum atomic E-state index is 8.92. The number of nitriles is 1. The molecule has 0 radical (unpaired) electrons. The molecule has 19 heavy (non-hydrogen) atoms. The van der Waals surface area contributed by atoms with E-state index in [0.717, 1.165) is 36.3 Å². The number of nitrogens with zero attached hydrogens (tertiary/aromatic N) is 3. The molecule has 98 valence electrons. The van der Waals surface area contributed by atoms with Crippen LogP contribution in [0.25, 0.3) is 11.0 Å². The van der Waals surface area contributed by atoms with E-state index >= 15 is 0 Å². The van der Waals surface area contributed by atoms with Gasteiger partial charge in [-0.2, -0.15) is 5.26 Å². The molecule has 0 spiro atoms. The Kier molecular flexibility index (Phi) is 3.22. The Morgan fingerprint density at radius 1 is 1.53 bits per heavy atom. The van der Waals surface area contributed by atoms with Crippen molar-refractivity contribution < 1.29 is 4.74 Å². The fourth-order valence-electron chi connectivity index (χ4n) is 2.70. The van der Waals surface area contributed by atoms with Gasteiger partial charge in [0.2, 0.25) is 0 Å². The molecule has 3 rings (SSSR count). The third-order valence-electron chi connectivity index (χ3n) is 3.82. The molecule has 1 aromatic heterocycles. The van der Waals surface area contributed by atoms with Crippen molar-refractivity contribution in [3.8, 4) is 6.07 Å². The van der Waals surface area contributed by atoms with Gasteiger partial charge in [-0.1, -0.05) is 0 Å². The Morgan fingerprint density at radius 3 is 3.16 bits per heavy atom. The second-order valence-corrected chi connectivity index (χ2v) is 5.08. The van der Waals surface area contributed by atoms with E-state index in [9.17, 15) is 0 Å². The number of hydrogen-bond donors (Lipinski definition) is 0. The van der Waals surface area contributed by atoms with Crippen LogP contribution >= 0.6 is 0 Å². The zero-order chi connectivity index (χ0) is 13.2. The topological polar surface area (TPSA) is 50.8 Å². The molecule has 0 bridgehead atoms. The van der Waals surface area contributed by atoms with Crippen LogP contribution in [0.2, 0.25) is 0 Å². The Morgan fingerprint density at radius 2 is 2.42 bits per heavy atom. The number of imidazole rings is 1. The molecule has 1 unspecified atom stereocenters. The average Bonchev–Trinajstić information content (AvgIpc) is 3.04. The van der Waals surface area contributed by atoms with Crippen LogP contribution in [-0.2, 0) is 18.2 Å². The normalized spacial score (nSPS) is 18.8. The first-order valence-electron chi connectivity index (χ1n) is 6.75. The number of aromatic nitrogens is 2. The van der Waals surface area contributed by atoms with E-state index in [1.807, 2.05) is 25.2 Å². The molecule has 1 atom stereocenters. The molecule has 0 saturated carbocycles. The summed E-state index contributed by atoms with van der Waals surface area (Å²) >= 11 is 0. The molecule has 2 aromatic rings. The summed E-state index contributed by atoms with van der Waals surface area (Å²) in [4.78, 5) is 4.64. The minimum atomic E-state index is 0.398. The van der Waals surface area contributed by atoms with Gasteiger partial charge in [0.25, 0.3) is 0 Å². The zero-order valence-corrected chi connectivity index (χ0v) is 11.1. The smallest absolute Gasteiger partial charge is 0.109 e. The monoisotopic (exact) mass is 255 g/mol. The van der Waals surface area contributed by atoms with Crippen LogP contribution in [0.15, 0.2) is 18.2 Å². The predicted octanol–water partition coefficient (Wildman–Crippen LogP) is 2.56. The second-order valence-electron chi connectivity index (χ2n) is 5.08. The number of ether oxygens (including phenoxy) is 1. The van der Waals surface area contributed by atoms with Crippen molar-refractivity contribution in [1.29, 1.82) is 5.26 Å². The van der Waals surface area contributed by atoms with Gasteiger partial charge < -0.3 is 9.30 Å². The molecule has 4 heteroatoms. The van der Waals surface area contributed by atoms with E-state index < -0.39 is 0 Å². The highest BCUT2D eigenvalue weighted by atomic mass is 16.5. The van der Waals surface area contributed by atoms with Gasteiger partial charge in [-0.05, 0) is 37.5 Å². The van der Waals surface area contributed by atoms with Crippen molar-refractivity contribution in [2.75, 3.05) is 6.61 Å². The van der Waals surface area contributed by atoms with E-state index in [1.54, 1.807) is 0 Å². The third kappa shape index (κ3) is 2.34. The zero-order valence-electron chi connectivity index (χ0n) is 11.1. The average molecular weight is 255 g/mol. The van der Waals surface area contributed by atoms with Crippen LogP contribution in [0.5, 0.6) is 0 Å². The molecule has 1 aliphatic rings. The van der Waals surface area contributed by atoms with Crippen molar-refractivity contribution in [3.05, 3.63) is 29.6 Å². The van der Waals surface area contributed by atoms with Crippen molar-refractivity contribution in [2.45, 2.75) is 31.8 Å². The quantitative estimate of drug-likeness (QED) is 0.847. The van der Waals surface area contributed by atoms with Gasteiger partial charge in [0.1, 0.15) is 5.82 Å². The Hall–Kier alpha value is -1.86. The van der Waals surface area contributed by atoms with Gasteiger partial charge >= 0.3 is 0 Å². The fraction of sp³-hybridized carbons (Fsp3) is 0.467. The van der Waals surface area contributed by atoms with Crippen molar-refractivity contribution in [2.24, 2.45) is 7.05 Å². The first-order valence-corrected chi connectivity index (χ1v) is 6.75. The van der Waals surface area contributed by atoms with Crippen LogP contribution < -0.4 is 0 Å². The maximum Gasteiger partial charge on any atom is 0.109 e. The molecular formula is C15H17N3O. The lowest BCUT2D eigenvalue weighted by Crippen LogP contribution is -2.08. The van der Waals surface area contributed by atoms with Crippen molar-refractivity contribution >= 4 is 11.0 Å². The molecule has 0 aliphatic carbocycles. The molecule has 4 nitrogen and oxygen atoms in total. The second kappa shape index (κ2) is 5.02. The summed E-state index contributed by atoms with van der Waals surface area (Å²) in [6, 6.07) is 7.82. The number of rotatable bonds is 3. The lowest BCUT2D eigenvalue weighted by molar-refractivity contribution is 0.104. The van der Waals surface area contributed by atoms with E-state index in [1.165, 1.54) is 12.8 Å². The summed E-state index contributed by atoms with van der Waals surface area (Å²) in [6.07, 6.45) is 4.70. The molecular weight excluding hydrogens is 238 g/mol. The first-order chi connectivity index (χ1) is 9.28. The van der Waals surface area contributed by atoms with Gasteiger partial charge in [0, 0.05) is 20.1 Å². The van der Waals surface area contributed by atoms with E-state index in [0.29, 0.717) is 11.7 Å². The number of aryl methyl sites for hydroxylation is 2. The number of hydrogen-bond acceptors (Lipinski definition) is 3. The molecule has 0 N–H and O–H groups in total. The first kappa shape index (κ1) is 12.2. The molecule has 0 amide bonds. The predicted molar refractivity (Wildman–Crippen MR) is 72.7 cm³/mol. The SMILES string of the molecule is Cn1c(CCC2CCCO2)nc2cc(C#N)ccc21. The standard InChI is InChI=1S/C15H17N3O/c1-18-14-6-4-11(10-16)9-13(14)17-15(18)7-5-12-3-2-8-19-12/h4,6,9,12H,2-3,5,7-8H2,1H3. The van der Waals surface area contributed by atoms with E-state index in [4.69, 9.17) is 10.00 Å². The summed E-state index contributed by atoms with van der Waals surface area (Å²) in [7, 11) is 2.03. The van der Waals surface area contributed by atoms with Gasteiger partial charge in [0.15, 0.2) is 0 Å². The largest absolute Gasteiger partial charge is 0.378 e. The minimum absolute atomic E-state index is 0.398. The Bertz CT molecular complexity index is 633. The van der Waals surface area contributed by atoms with E-state index in [2.05, 4.69) is 15.6 Å². The van der Waals surface area contributed by atoms with Crippen LogP contribution in [0.3, 0.4) is 0 Å². The highest BCUT2D eigenvalue weighted by Gasteiger charge is 2.17. The molecule has 1 fully saturated rings. The summed E-state index contributed by atoms with van der Waals surface area (Å²) in [6.45, 7) is 0.902. The molecule has 2 heterocycles. The lowest BCUT2D eigenvalue weighted by Gasteiger charge is -2.08. The lowest BCUT2D eigenvalue weighted by atomic mass is 10.1. The van der Waals surface area contributed by atoms with Gasteiger partial charge in [-0.15, -0.1) is 0 Å². The minimum Gasteiger partial charge on any atom is -0.378 e. The number of benzene rings is 1.